The summed E-state index contributed by atoms with van der Waals surface area (Å²) in [5.74, 6) is -0.0514. The average molecular weight is 380 g/mol. The van der Waals surface area contributed by atoms with Crippen LogP contribution in [-0.4, -0.2) is 33.6 Å². The monoisotopic (exact) mass is 379 g/mol. The molecule has 0 amide bonds. The van der Waals surface area contributed by atoms with Gasteiger partial charge in [-0.3, -0.25) is 4.90 Å². The van der Waals surface area contributed by atoms with Gasteiger partial charge in [-0.1, -0.05) is 31.2 Å². The minimum Gasteiger partial charge on any atom is -0.504 e. The largest absolute Gasteiger partial charge is 0.504 e. The summed E-state index contributed by atoms with van der Waals surface area (Å²) in [5.41, 5.74) is 5.60. The normalized spacial score (nSPS) is 19.5. The van der Waals surface area contributed by atoms with E-state index in [1.165, 1.54) is 11.1 Å². The summed E-state index contributed by atoms with van der Waals surface area (Å²) in [7, 11) is 0. The molecule has 2 aromatic carbocycles. The second-order valence-corrected chi connectivity index (χ2v) is 7.43. The van der Waals surface area contributed by atoms with Crippen LogP contribution in [0, 0.1) is 0 Å². The molecule has 2 unspecified atom stereocenters. The maximum atomic E-state index is 10.4. The highest BCUT2D eigenvalue weighted by atomic mass is 35.5. The van der Waals surface area contributed by atoms with Crippen LogP contribution in [0.4, 0.5) is 0 Å². The van der Waals surface area contributed by atoms with Crippen molar-refractivity contribution >= 4 is 24.0 Å². The fourth-order valence-corrected chi connectivity index (χ4v) is 4.36. The summed E-state index contributed by atoms with van der Waals surface area (Å²) in [6.07, 6.45) is 2.81. The molecule has 5 heteroatoms. The Balaban J connectivity index is 0.00000182. The summed E-state index contributed by atoms with van der Waals surface area (Å²) in [6.45, 7) is 4.03. The van der Waals surface area contributed by atoms with Crippen molar-refractivity contribution < 1.29 is 10.2 Å². The average Bonchev–Trinajstić information content (AvgIpc) is 2.60. The molecule has 1 heterocycles. The van der Waals surface area contributed by atoms with E-state index in [-0.39, 0.29) is 29.3 Å². The van der Waals surface area contributed by atoms with Crippen LogP contribution in [0.3, 0.4) is 0 Å². The van der Waals surface area contributed by atoms with Crippen molar-refractivity contribution in [1.82, 2.24) is 4.90 Å². The predicted molar refractivity (Wildman–Crippen MR) is 104 cm³/mol. The number of nitrogens with zero attached hydrogens (tertiary/aromatic N) is 1. The van der Waals surface area contributed by atoms with Crippen LogP contribution in [0.1, 0.15) is 36.1 Å². The lowest BCUT2D eigenvalue weighted by Gasteiger charge is -2.42. The number of phenols is 2. The molecule has 25 heavy (non-hydrogen) atoms. The number of rotatable bonds is 3. The van der Waals surface area contributed by atoms with Crippen LogP contribution in [0.15, 0.2) is 30.3 Å². The lowest BCUT2D eigenvalue weighted by molar-refractivity contribution is 0.181. The van der Waals surface area contributed by atoms with E-state index in [0.717, 1.165) is 49.0 Å². The zero-order valence-corrected chi connectivity index (χ0v) is 15.8. The Morgan fingerprint density at radius 1 is 1.20 bits per heavy atom. The van der Waals surface area contributed by atoms with Gasteiger partial charge in [0.25, 0.3) is 0 Å². The molecule has 0 bridgehead atoms. The van der Waals surface area contributed by atoms with E-state index in [1.807, 2.05) is 6.07 Å². The highest BCUT2D eigenvalue weighted by molar-refractivity contribution is 6.20. The summed E-state index contributed by atoms with van der Waals surface area (Å²) < 4.78 is 0. The Morgan fingerprint density at radius 2 is 2.00 bits per heavy atom. The molecular formula is C20H23Cl2NO2. The van der Waals surface area contributed by atoms with Crippen LogP contribution < -0.4 is 0 Å². The summed E-state index contributed by atoms with van der Waals surface area (Å²) in [4.78, 5) is 2.49. The van der Waals surface area contributed by atoms with Crippen molar-refractivity contribution in [3.8, 4) is 22.6 Å². The fraction of sp³-hybridized carbons (Fsp3) is 0.400. The smallest absolute Gasteiger partial charge is 0.165 e. The van der Waals surface area contributed by atoms with Gasteiger partial charge in [0.2, 0.25) is 0 Å². The molecule has 4 rings (SSSR count). The van der Waals surface area contributed by atoms with Crippen LogP contribution in [0.5, 0.6) is 11.5 Å². The van der Waals surface area contributed by atoms with E-state index in [2.05, 4.69) is 30.0 Å². The molecule has 0 radical (unpaired) electrons. The van der Waals surface area contributed by atoms with Gasteiger partial charge in [0.1, 0.15) is 0 Å². The molecule has 0 saturated carbocycles. The van der Waals surface area contributed by atoms with Crippen LogP contribution in [0.25, 0.3) is 11.1 Å². The Kier molecular flexibility index (Phi) is 5.19. The third kappa shape index (κ3) is 2.99. The third-order valence-electron chi connectivity index (χ3n) is 5.44. The molecule has 0 saturated heterocycles. The minimum absolute atomic E-state index is 0. The highest BCUT2D eigenvalue weighted by Crippen LogP contribution is 2.50. The van der Waals surface area contributed by atoms with Crippen molar-refractivity contribution in [3.05, 3.63) is 47.0 Å². The van der Waals surface area contributed by atoms with Gasteiger partial charge < -0.3 is 10.2 Å². The van der Waals surface area contributed by atoms with Gasteiger partial charge in [-0.05, 0) is 47.6 Å². The standard InChI is InChI=1S/C20H22ClNO2.ClH/c1-2-14(21)11-22-9-8-12-4-3-5-15-18(12)16(22)10-13-6-7-17(23)20(24)19(13)15;/h3-7,14,16,23-24H,2,8-11H2,1H3;1H. The van der Waals surface area contributed by atoms with Crippen molar-refractivity contribution in [2.24, 2.45) is 0 Å². The zero-order chi connectivity index (χ0) is 16.8. The molecule has 3 nitrogen and oxygen atoms in total. The molecule has 2 N–H and O–H groups in total. The number of hydrogen-bond donors (Lipinski definition) is 2. The molecule has 0 fully saturated rings. The first-order chi connectivity index (χ1) is 11.6. The SMILES string of the molecule is CCC(Cl)CN1CCc2cccc3c2C1Cc1ccc(O)c(O)c1-3.Cl. The first-order valence-electron chi connectivity index (χ1n) is 8.64. The van der Waals surface area contributed by atoms with Crippen molar-refractivity contribution in [2.75, 3.05) is 13.1 Å². The quantitative estimate of drug-likeness (QED) is 0.601. The molecule has 2 aliphatic rings. The van der Waals surface area contributed by atoms with Gasteiger partial charge in [-0.25, -0.2) is 0 Å². The van der Waals surface area contributed by atoms with E-state index in [0.29, 0.717) is 6.04 Å². The maximum Gasteiger partial charge on any atom is 0.165 e. The topological polar surface area (TPSA) is 43.7 Å². The molecule has 2 aromatic rings. The lowest BCUT2D eigenvalue weighted by atomic mass is 9.76. The van der Waals surface area contributed by atoms with Crippen molar-refractivity contribution in [3.63, 3.8) is 0 Å². The number of alkyl halides is 1. The Morgan fingerprint density at radius 3 is 2.76 bits per heavy atom. The second-order valence-electron chi connectivity index (χ2n) is 6.82. The molecule has 1 aliphatic carbocycles. The summed E-state index contributed by atoms with van der Waals surface area (Å²) in [6, 6.07) is 10.1. The third-order valence-corrected chi connectivity index (χ3v) is 5.89. The van der Waals surface area contributed by atoms with E-state index >= 15 is 0 Å². The van der Waals surface area contributed by atoms with E-state index in [4.69, 9.17) is 11.6 Å². The van der Waals surface area contributed by atoms with Gasteiger partial charge >= 0.3 is 0 Å². The number of aromatic hydroxyl groups is 2. The molecule has 1 aliphatic heterocycles. The second kappa shape index (κ2) is 7.06. The fourth-order valence-electron chi connectivity index (χ4n) is 4.18. The maximum absolute atomic E-state index is 10.4. The number of benzene rings is 2. The Hall–Kier alpha value is -1.42. The van der Waals surface area contributed by atoms with Crippen molar-refractivity contribution in [1.29, 1.82) is 0 Å². The Labute approximate surface area is 159 Å². The molecule has 2 atom stereocenters. The van der Waals surface area contributed by atoms with E-state index < -0.39 is 0 Å². The van der Waals surface area contributed by atoms with Gasteiger partial charge in [0, 0.05) is 30.1 Å². The molecular weight excluding hydrogens is 357 g/mol. The summed E-state index contributed by atoms with van der Waals surface area (Å²) >= 11 is 6.44. The van der Waals surface area contributed by atoms with Crippen molar-refractivity contribution in [2.45, 2.75) is 37.6 Å². The van der Waals surface area contributed by atoms with Crippen LogP contribution >= 0.6 is 24.0 Å². The molecule has 134 valence electrons. The number of fused-ring (bicyclic) bond motifs is 2. The first kappa shape index (κ1) is 18.4. The summed E-state index contributed by atoms with van der Waals surface area (Å²) in [5, 5.41) is 20.5. The van der Waals surface area contributed by atoms with Gasteiger partial charge in [-0.2, -0.15) is 0 Å². The lowest BCUT2D eigenvalue weighted by Crippen LogP contribution is -2.41. The highest BCUT2D eigenvalue weighted by Gasteiger charge is 2.36. The molecule has 0 aromatic heterocycles. The number of halogens is 2. The van der Waals surface area contributed by atoms with Crippen LogP contribution in [0.2, 0.25) is 0 Å². The van der Waals surface area contributed by atoms with Gasteiger partial charge in [-0.15, -0.1) is 24.0 Å². The number of phenolic OH excluding ortho intramolecular Hbond substituents is 2. The van der Waals surface area contributed by atoms with E-state index in [1.54, 1.807) is 6.07 Å². The minimum atomic E-state index is -0.0516. The van der Waals surface area contributed by atoms with E-state index in [9.17, 15) is 10.2 Å². The van der Waals surface area contributed by atoms with Crippen LogP contribution in [-0.2, 0) is 12.8 Å². The zero-order valence-electron chi connectivity index (χ0n) is 14.2. The number of hydrogen-bond acceptors (Lipinski definition) is 3. The van der Waals surface area contributed by atoms with Gasteiger partial charge in [0.05, 0.1) is 0 Å². The first-order valence-corrected chi connectivity index (χ1v) is 9.07. The Bertz CT molecular complexity index is 794. The molecule has 0 spiro atoms. The van der Waals surface area contributed by atoms with Gasteiger partial charge in [0.15, 0.2) is 11.5 Å². The predicted octanol–water partition coefficient (Wildman–Crippen LogP) is 4.66.